The van der Waals surface area contributed by atoms with Gasteiger partial charge in [-0.15, -0.1) is 12.4 Å². The van der Waals surface area contributed by atoms with Gasteiger partial charge in [0.2, 0.25) is 0 Å². The van der Waals surface area contributed by atoms with Crippen LogP contribution in [-0.4, -0.2) is 44.3 Å². The van der Waals surface area contributed by atoms with Crippen molar-refractivity contribution in [1.29, 1.82) is 0 Å². The van der Waals surface area contributed by atoms with Gasteiger partial charge in [0.05, 0.1) is 7.11 Å². The largest absolute Gasteiger partial charge is 0.493 e. The lowest BCUT2D eigenvalue weighted by Gasteiger charge is -2.28. The topological polar surface area (TPSA) is 33.7 Å². The van der Waals surface area contributed by atoms with Crippen molar-refractivity contribution in [2.45, 2.75) is 39.0 Å². The zero-order valence-electron chi connectivity index (χ0n) is 13.6. The number of hydrogen-bond acceptors (Lipinski definition) is 4. The molecule has 132 valence electrons. The fourth-order valence-corrected chi connectivity index (χ4v) is 2.87. The van der Waals surface area contributed by atoms with Gasteiger partial charge in [-0.3, -0.25) is 4.90 Å². The van der Waals surface area contributed by atoms with E-state index in [1.807, 2.05) is 6.07 Å². The van der Waals surface area contributed by atoms with Crippen LogP contribution in [0.15, 0.2) is 18.2 Å². The molecule has 0 bridgehead atoms. The molecule has 1 atom stereocenters. The Morgan fingerprint density at radius 3 is 2.70 bits per heavy atom. The Kier molecular flexibility index (Phi) is 8.58. The van der Waals surface area contributed by atoms with Crippen LogP contribution in [-0.2, 0) is 6.54 Å². The second-order valence-corrected chi connectivity index (χ2v) is 5.48. The van der Waals surface area contributed by atoms with Crippen LogP contribution < -0.4 is 14.8 Å². The van der Waals surface area contributed by atoms with Crippen LogP contribution in [0.5, 0.6) is 11.5 Å². The predicted octanol–water partition coefficient (Wildman–Crippen LogP) is 3.29. The van der Waals surface area contributed by atoms with Gasteiger partial charge in [0.15, 0.2) is 11.5 Å². The summed E-state index contributed by atoms with van der Waals surface area (Å²) in [6, 6.07) is 5.74. The summed E-state index contributed by atoms with van der Waals surface area (Å²) in [7, 11) is 1.45. The molecule has 2 rings (SSSR count). The minimum Gasteiger partial charge on any atom is -0.493 e. The van der Waals surface area contributed by atoms with Crippen molar-refractivity contribution in [2.24, 2.45) is 0 Å². The van der Waals surface area contributed by atoms with E-state index in [4.69, 9.17) is 4.74 Å². The molecule has 1 saturated heterocycles. The number of rotatable bonds is 8. The minimum absolute atomic E-state index is 0. The Hall–Kier alpha value is -1.11. The summed E-state index contributed by atoms with van der Waals surface area (Å²) in [4.78, 5) is 2.40. The van der Waals surface area contributed by atoms with E-state index in [9.17, 15) is 8.78 Å². The maximum atomic E-state index is 12.5. The van der Waals surface area contributed by atoms with Crippen molar-refractivity contribution in [1.82, 2.24) is 10.2 Å². The number of hydrogen-bond donors (Lipinski definition) is 1. The fourth-order valence-electron chi connectivity index (χ4n) is 2.87. The van der Waals surface area contributed by atoms with Gasteiger partial charge < -0.3 is 14.8 Å². The standard InChI is InChI=1S/C16H24F2N2O2.ClH/c1-3-8-20(13-6-7-19-10-13)11-12-4-5-14(21-2)15(9-12)22-16(17)18;/h4-5,9,13,16,19H,3,6-8,10-11H2,1-2H3;1H. The van der Waals surface area contributed by atoms with Crippen LogP contribution in [0.2, 0.25) is 0 Å². The van der Waals surface area contributed by atoms with Gasteiger partial charge in [-0.05, 0) is 43.6 Å². The molecule has 23 heavy (non-hydrogen) atoms. The van der Waals surface area contributed by atoms with E-state index in [2.05, 4.69) is 21.9 Å². The van der Waals surface area contributed by atoms with Gasteiger partial charge >= 0.3 is 6.61 Å². The quantitative estimate of drug-likeness (QED) is 0.780. The van der Waals surface area contributed by atoms with E-state index in [1.54, 1.807) is 12.1 Å². The van der Waals surface area contributed by atoms with Crippen LogP contribution in [0.25, 0.3) is 0 Å². The van der Waals surface area contributed by atoms with Gasteiger partial charge in [-0.2, -0.15) is 8.78 Å². The zero-order chi connectivity index (χ0) is 15.9. The van der Waals surface area contributed by atoms with E-state index in [0.29, 0.717) is 11.8 Å². The Morgan fingerprint density at radius 1 is 1.35 bits per heavy atom. The first-order chi connectivity index (χ1) is 10.6. The van der Waals surface area contributed by atoms with E-state index in [1.165, 1.54) is 7.11 Å². The summed E-state index contributed by atoms with van der Waals surface area (Å²) in [5.41, 5.74) is 0.955. The number of benzene rings is 1. The van der Waals surface area contributed by atoms with Crippen molar-refractivity contribution in [3.05, 3.63) is 23.8 Å². The monoisotopic (exact) mass is 350 g/mol. The van der Waals surface area contributed by atoms with Crippen LogP contribution in [0.3, 0.4) is 0 Å². The van der Waals surface area contributed by atoms with Gasteiger partial charge in [-0.25, -0.2) is 0 Å². The molecule has 0 amide bonds. The van der Waals surface area contributed by atoms with Crippen LogP contribution >= 0.6 is 12.4 Å². The van der Waals surface area contributed by atoms with Gasteiger partial charge in [-0.1, -0.05) is 13.0 Å². The normalized spacial score (nSPS) is 17.4. The second-order valence-electron chi connectivity index (χ2n) is 5.48. The Bertz CT molecular complexity index is 471. The Labute approximate surface area is 142 Å². The SMILES string of the molecule is CCCN(Cc1ccc(OC)c(OC(F)F)c1)C1CCNC1.Cl. The first-order valence-corrected chi connectivity index (χ1v) is 7.70. The Morgan fingerprint density at radius 2 is 2.13 bits per heavy atom. The summed E-state index contributed by atoms with van der Waals surface area (Å²) >= 11 is 0. The molecule has 1 N–H and O–H groups in total. The summed E-state index contributed by atoms with van der Waals surface area (Å²) in [5.74, 6) is 0.421. The van der Waals surface area contributed by atoms with Crippen molar-refractivity contribution in [3.63, 3.8) is 0 Å². The molecule has 1 aromatic carbocycles. The zero-order valence-corrected chi connectivity index (χ0v) is 14.4. The highest BCUT2D eigenvalue weighted by molar-refractivity contribution is 5.85. The molecule has 1 fully saturated rings. The third kappa shape index (κ3) is 5.79. The summed E-state index contributed by atoms with van der Waals surface area (Å²) in [6.45, 7) is 3.03. The highest BCUT2D eigenvalue weighted by atomic mass is 35.5. The highest BCUT2D eigenvalue weighted by Crippen LogP contribution is 2.30. The van der Waals surface area contributed by atoms with Crippen LogP contribution in [0.4, 0.5) is 8.78 Å². The molecule has 0 saturated carbocycles. The average molecular weight is 351 g/mol. The lowest BCUT2D eigenvalue weighted by molar-refractivity contribution is -0.0512. The van der Waals surface area contributed by atoms with Crippen molar-refractivity contribution in [3.8, 4) is 11.5 Å². The number of halogens is 3. The van der Waals surface area contributed by atoms with Crippen molar-refractivity contribution in [2.75, 3.05) is 26.7 Å². The summed E-state index contributed by atoms with van der Waals surface area (Å²) < 4.78 is 34.6. The highest BCUT2D eigenvalue weighted by Gasteiger charge is 2.22. The molecule has 1 heterocycles. The third-order valence-corrected chi connectivity index (χ3v) is 3.89. The van der Waals surface area contributed by atoms with Crippen molar-refractivity contribution < 1.29 is 18.3 Å². The molecule has 1 unspecified atom stereocenters. The smallest absolute Gasteiger partial charge is 0.387 e. The number of alkyl halides is 2. The predicted molar refractivity (Wildman–Crippen MR) is 88.8 cm³/mol. The molecule has 0 radical (unpaired) electrons. The first kappa shape index (κ1) is 19.9. The van der Waals surface area contributed by atoms with E-state index in [0.717, 1.165) is 44.6 Å². The van der Waals surface area contributed by atoms with Crippen molar-refractivity contribution >= 4 is 12.4 Å². The second kappa shape index (κ2) is 9.90. The summed E-state index contributed by atoms with van der Waals surface area (Å²) in [6.07, 6.45) is 2.18. The first-order valence-electron chi connectivity index (χ1n) is 7.70. The maximum absolute atomic E-state index is 12.5. The van der Waals surface area contributed by atoms with E-state index >= 15 is 0 Å². The van der Waals surface area contributed by atoms with E-state index in [-0.39, 0.29) is 18.2 Å². The van der Waals surface area contributed by atoms with Gasteiger partial charge in [0, 0.05) is 19.1 Å². The molecule has 1 aromatic rings. The molecule has 1 aliphatic rings. The maximum Gasteiger partial charge on any atom is 0.387 e. The number of ether oxygens (including phenoxy) is 2. The fraction of sp³-hybridized carbons (Fsp3) is 0.625. The molecule has 0 aliphatic carbocycles. The molecular weight excluding hydrogens is 326 g/mol. The van der Waals surface area contributed by atoms with Crippen LogP contribution in [0, 0.1) is 0 Å². The number of nitrogens with zero attached hydrogens (tertiary/aromatic N) is 1. The molecule has 0 aromatic heterocycles. The molecule has 4 nitrogen and oxygen atoms in total. The molecule has 1 aliphatic heterocycles. The van der Waals surface area contributed by atoms with Crippen LogP contribution in [0.1, 0.15) is 25.3 Å². The number of nitrogens with one attached hydrogen (secondary N) is 1. The van der Waals surface area contributed by atoms with E-state index < -0.39 is 6.61 Å². The number of methoxy groups -OCH3 is 1. The third-order valence-electron chi connectivity index (χ3n) is 3.89. The molecule has 0 spiro atoms. The summed E-state index contributed by atoms with van der Waals surface area (Å²) in [5, 5.41) is 3.37. The molecular formula is C16H25ClF2N2O2. The Balaban J connectivity index is 0.00000264. The average Bonchev–Trinajstić information content (AvgIpc) is 3.00. The van der Waals surface area contributed by atoms with Gasteiger partial charge in [0.1, 0.15) is 0 Å². The minimum atomic E-state index is -2.85. The van der Waals surface area contributed by atoms with Gasteiger partial charge in [0.25, 0.3) is 0 Å². The lowest BCUT2D eigenvalue weighted by Crippen LogP contribution is -2.36. The lowest BCUT2D eigenvalue weighted by atomic mass is 10.1. The molecule has 7 heteroatoms.